The number of carboxylic acids is 1. The van der Waals surface area contributed by atoms with Gasteiger partial charge >= 0.3 is 12.0 Å². The third-order valence-corrected chi connectivity index (χ3v) is 3.75. The summed E-state index contributed by atoms with van der Waals surface area (Å²) >= 11 is 0. The van der Waals surface area contributed by atoms with Crippen LogP contribution in [0.1, 0.15) is 32.6 Å². The molecule has 0 bridgehead atoms. The number of nitrogens with one attached hydrogen (secondary N) is 1. The second kappa shape index (κ2) is 7.11. The van der Waals surface area contributed by atoms with E-state index in [-0.39, 0.29) is 25.0 Å². The Balaban J connectivity index is 1.98. The number of nitrogens with zero attached hydrogens (tertiary/aromatic N) is 1. The van der Waals surface area contributed by atoms with E-state index in [2.05, 4.69) is 12.2 Å². The molecule has 2 rings (SSSR count). The maximum atomic E-state index is 12.4. The smallest absolute Gasteiger partial charge is 0.322 e. The fraction of sp³-hybridized carbons (Fsp3) is 0.500. The van der Waals surface area contributed by atoms with Crippen molar-refractivity contribution < 1.29 is 14.7 Å². The number of carboxylic acid groups (broad SMARTS) is 1. The van der Waals surface area contributed by atoms with E-state index >= 15 is 0 Å². The largest absolute Gasteiger partial charge is 0.481 e. The first-order chi connectivity index (χ1) is 10.1. The number of benzene rings is 1. The molecule has 2 amide bonds. The molecule has 1 aromatic carbocycles. The van der Waals surface area contributed by atoms with Crippen molar-refractivity contribution in [2.45, 2.75) is 38.6 Å². The Bertz CT molecular complexity index is 490. The molecule has 5 heteroatoms. The van der Waals surface area contributed by atoms with Crippen molar-refractivity contribution in [1.82, 2.24) is 5.32 Å². The summed E-state index contributed by atoms with van der Waals surface area (Å²) in [6, 6.07) is 9.23. The summed E-state index contributed by atoms with van der Waals surface area (Å²) in [5.74, 6) is -0.324. The summed E-state index contributed by atoms with van der Waals surface area (Å²) in [7, 11) is 0. The number of aliphatic carboxylic acids is 1. The van der Waals surface area contributed by atoms with Gasteiger partial charge in [0.05, 0.1) is 6.42 Å². The van der Waals surface area contributed by atoms with Crippen LogP contribution < -0.4 is 10.2 Å². The molecule has 1 saturated carbocycles. The molecule has 1 aliphatic rings. The zero-order valence-electron chi connectivity index (χ0n) is 12.3. The first-order valence-electron chi connectivity index (χ1n) is 7.46. The molecule has 1 aliphatic carbocycles. The highest BCUT2D eigenvalue weighted by Crippen LogP contribution is 2.34. The van der Waals surface area contributed by atoms with Crippen LogP contribution in [0.3, 0.4) is 0 Å². The number of para-hydroxylation sites is 1. The zero-order chi connectivity index (χ0) is 15.2. The Kier molecular flexibility index (Phi) is 5.20. The highest BCUT2D eigenvalue weighted by atomic mass is 16.4. The van der Waals surface area contributed by atoms with E-state index in [1.165, 1.54) is 4.90 Å². The van der Waals surface area contributed by atoms with Crippen molar-refractivity contribution in [3.8, 4) is 0 Å². The van der Waals surface area contributed by atoms with Crippen LogP contribution in [0.25, 0.3) is 0 Å². The molecule has 0 spiro atoms. The van der Waals surface area contributed by atoms with Gasteiger partial charge < -0.3 is 10.4 Å². The molecular weight excluding hydrogens is 268 g/mol. The van der Waals surface area contributed by atoms with Crippen LogP contribution in [0.4, 0.5) is 10.5 Å². The third kappa shape index (κ3) is 4.48. The van der Waals surface area contributed by atoms with Gasteiger partial charge in [0.2, 0.25) is 0 Å². The van der Waals surface area contributed by atoms with Gasteiger partial charge in [0.25, 0.3) is 0 Å². The first kappa shape index (κ1) is 15.4. The quantitative estimate of drug-likeness (QED) is 0.811. The molecular formula is C16H22N2O3. The van der Waals surface area contributed by atoms with E-state index in [9.17, 15) is 9.59 Å². The highest BCUT2D eigenvalue weighted by Gasteiger charge is 2.38. The van der Waals surface area contributed by atoms with Crippen molar-refractivity contribution >= 4 is 17.7 Å². The Labute approximate surface area is 125 Å². The van der Waals surface area contributed by atoms with E-state index in [1.54, 1.807) is 0 Å². The normalized spacial score (nSPS) is 19.9. The number of hydrogen-bond acceptors (Lipinski definition) is 2. The van der Waals surface area contributed by atoms with Gasteiger partial charge in [-0.3, -0.25) is 9.69 Å². The second-order valence-electron chi connectivity index (χ2n) is 5.47. The number of carbonyl (C=O) groups is 2. The summed E-state index contributed by atoms with van der Waals surface area (Å²) in [6.45, 7) is 2.32. The molecule has 0 aromatic heterocycles. The second-order valence-corrected chi connectivity index (χ2v) is 5.47. The Morgan fingerprint density at radius 3 is 2.67 bits per heavy atom. The van der Waals surface area contributed by atoms with Crippen LogP contribution in [0.2, 0.25) is 0 Å². The summed E-state index contributed by atoms with van der Waals surface area (Å²) in [6.07, 6.45) is 3.22. The molecule has 0 radical (unpaired) electrons. The highest BCUT2D eigenvalue weighted by molar-refractivity contribution is 5.92. The van der Waals surface area contributed by atoms with Crippen LogP contribution in [0.5, 0.6) is 0 Å². The fourth-order valence-corrected chi connectivity index (χ4v) is 2.51. The maximum absolute atomic E-state index is 12.4. The standard InChI is InChI=1S/C16H22N2O3/c1-2-6-12-11-14(12)17-16(21)18(10-9-15(19)20)13-7-4-3-5-8-13/h3-5,7-8,12,14H,2,6,9-11H2,1H3,(H,17,21)(H,19,20). The number of anilines is 1. The molecule has 2 atom stereocenters. The topological polar surface area (TPSA) is 69.6 Å². The SMILES string of the molecule is CCCC1CC1NC(=O)N(CCC(=O)O)c1ccccc1. The Morgan fingerprint density at radius 1 is 1.33 bits per heavy atom. The third-order valence-electron chi connectivity index (χ3n) is 3.75. The summed E-state index contributed by atoms with van der Waals surface area (Å²) in [4.78, 5) is 24.7. The van der Waals surface area contributed by atoms with Gasteiger partial charge in [-0.05, 0) is 30.9 Å². The lowest BCUT2D eigenvalue weighted by Crippen LogP contribution is -2.42. The first-order valence-corrected chi connectivity index (χ1v) is 7.46. The van der Waals surface area contributed by atoms with Crippen molar-refractivity contribution in [3.05, 3.63) is 30.3 Å². The molecule has 2 N–H and O–H groups in total. The van der Waals surface area contributed by atoms with Gasteiger partial charge in [-0.25, -0.2) is 4.79 Å². The molecule has 2 unspecified atom stereocenters. The van der Waals surface area contributed by atoms with Crippen LogP contribution in [0, 0.1) is 5.92 Å². The number of urea groups is 1. The fourth-order valence-electron chi connectivity index (χ4n) is 2.51. The number of hydrogen-bond donors (Lipinski definition) is 2. The van der Waals surface area contributed by atoms with Gasteiger partial charge in [-0.2, -0.15) is 0 Å². The van der Waals surface area contributed by atoms with Crippen LogP contribution in [-0.2, 0) is 4.79 Å². The average molecular weight is 290 g/mol. The lowest BCUT2D eigenvalue weighted by Gasteiger charge is -2.22. The van der Waals surface area contributed by atoms with Gasteiger partial charge in [-0.15, -0.1) is 0 Å². The van der Waals surface area contributed by atoms with Crippen LogP contribution in [-0.4, -0.2) is 29.7 Å². The number of carbonyl (C=O) groups excluding carboxylic acids is 1. The molecule has 0 heterocycles. The van der Waals surface area contributed by atoms with Crippen LogP contribution >= 0.6 is 0 Å². The molecule has 1 aromatic rings. The Hall–Kier alpha value is -2.04. The van der Waals surface area contributed by atoms with E-state index in [1.807, 2.05) is 30.3 Å². The van der Waals surface area contributed by atoms with Crippen molar-refractivity contribution in [1.29, 1.82) is 0 Å². The van der Waals surface area contributed by atoms with Gasteiger partial charge in [0, 0.05) is 18.3 Å². The zero-order valence-corrected chi connectivity index (χ0v) is 12.3. The maximum Gasteiger partial charge on any atom is 0.322 e. The minimum atomic E-state index is -0.904. The average Bonchev–Trinajstić information content (AvgIpc) is 3.18. The predicted octanol–water partition coefficient (Wildman–Crippen LogP) is 2.87. The summed E-state index contributed by atoms with van der Waals surface area (Å²) in [5, 5.41) is 11.8. The summed E-state index contributed by atoms with van der Waals surface area (Å²) in [5.41, 5.74) is 0.726. The lowest BCUT2D eigenvalue weighted by molar-refractivity contribution is -0.136. The van der Waals surface area contributed by atoms with E-state index < -0.39 is 5.97 Å². The summed E-state index contributed by atoms with van der Waals surface area (Å²) < 4.78 is 0. The van der Waals surface area contributed by atoms with Gasteiger partial charge in [-0.1, -0.05) is 31.5 Å². The van der Waals surface area contributed by atoms with E-state index in [0.717, 1.165) is 24.9 Å². The van der Waals surface area contributed by atoms with Gasteiger partial charge in [0.1, 0.15) is 0 Å². The van der Waals surface area contributed by atoms with Crippen LogP contribution in [0.15, 0.2) is 30.3 Å². The van der Waals surface area contributed by atoms with Gasteiger partial charge in [0.15, 0.2) is 0 Å². The van der Waals surface area contributed by atoms with E-state index in [0.29, 0.717) is 5.92 Å². The molecule has 0 aliphatic heterocycles. The minimum Gasteiger partial charge on any atom is -0.481 e. The molecule has 114 valence electrons. The van der Waals surface area contributed by atoms with Crippen molar-refractivity contribution in [3.63, 3.8) is 0 Å². The molecule has 5 nitrogen and oxygen atoms in total. The monoisotopic (exact) mass is 290 g/mol. The Morgan fingerprint density at radius 2 is 2.05 bits per heavy atom. The predicted molar refractivity (Wildman–Crippen MR) is 81.4 cm³/mol. The van der Waals surface area contributed by atoms with E-state index in [4.69, 9.17) is 5.11 Å². The number of amides is 2. The molecule has 21 heavy (non-hydrogen) atoms. The van der Waals surface area contributed by atoms with Crippen molar-refractivity contribution in [2.24, 2.45) is 5.92 Å². The van der Waals surface area contributed by atoms with Crippen molar-refractivity contribution in [2.75, 3.05) is 11.4 Å². The minimum absolute atomic E-state index is 0.0641. The molecule has 1 fully saturated rings. The molecule has 0 saturated heterocycles. The number of rotatable bonds is 7. The lowest BCUT2D eigenvalue weighted by atomic mass is 10.2.